The van der Waals surface area contributed by atoms with Crippen LogP contribution in [0.1, 0.15) is 44.1 Å². The molecule has 2 aliphatic heterocycles. The molecule has 2 aliphatic rings. The van der Waals surface area contributed by atoms with Crippen molar-refractivity contribution in [1.82, 2.24) is 14.7 Å². The number of ether oxygens (including phenoxy) is 1. The first-order valence-electron chi connectivity index (χ1n) is 11.2. The van der Waals surface area contributed by atoms with E-state index in [-0.39, 0.29) is 0 Å². The first kappa shape index (κ1) is 21.6. The van der Waals surface area contributed by atoms with Crippen LogP contribution in [0.15, 0.2) is 24.3 Å². The molecular weight excluding hydrogens is 350 g/mol. The molecule has 28 heavy (non-hydrogen) atoms. The Bertz CT molecular complexity index is 533. The van der Waals surface area contributed by atoms with Crippen LogP contribution < -0.4 is 4.74 Å². The number of β-amino-alcohol motifs (C(OH)–C–C–N with tert-alkyl or cyclic N) is 1. The van der Waals surface area contributed by atoms with Crippen molar-refractivity contribution in [3.63, 3.8) is 0 Å². The molecule has 0 aromatic heterocycles. The third-order valence-corrected chi connectivity index (χ3v) is 6.04. The van der Waals surface area contributed by atoms with Gasteiger partial charge >= 0.3 is 0 Å². The molecular formula is C23H39N3O2. The fourth-order valence-corrected chi connectivity index (χ4v) is 4.17. The molecule has 5 nitrogen and oxygen atoms in total. The molecule has 1 N–H and O–H groups in total. The molecule has 0 amide bonds. The van der Waals surface area contributed by atoms with Gasteiger partial charge in [0.15, 0.2) is 0 Å². The number of rotatable bonds is 7. The summed E-state index contributed by atoms with van der Waals surface area (Å²) in [4.78, 5) is 7.25. The SMILES string of the molecule is CN1CCN(C[C@H](O)COc2ccc(CN3CCCCCCCC3)cc2)CC1. The van der Waals surface area contributed by atoms with Gasteiger partial charge in [-0.05, 0) is 50.7 Å². The maximum absolute atomic E-state index is 10.3. The third kappa shape index (κ3) is 7.70. The molecule has 0 bridgehead atoms. The van der Waals surface area contributed by atoms with E-state index >= 15 is 0 Å². The minimum atomic E-state index is -0.437. The van der Waals surface area contributed by atoms with Crippen LogP contribution in [-0.2, 0) is 6.54 Å². The molecule has 1 aromatic rings. The zero-order valence-corrected chi connectivity index (χ0v) is 17.7. The molecule has 2 saturated heterocycles. The van der Waals surface area contributed by atoms with Crippen molar-refractivity contribution in [3.05, 3.63) is 29.8 Å². The Morgan fingerprint density at radius 1 is 0.821 bits per heavy atom. The second kappa shape index (κ2) is 11.8. The number of likely N-dealkylation sites (N-methyl/N-ethyl adjacent to an activating group) is 1. The molecule has 2 fully saturated rings. The van der Waals surface area contributed by atoms with Gasteiger partial charge in [0.2, 0.25) is 0 Å². The van der Waals surface area contributed by atoms with Gasteiger partial charge in [-0.15, -0.1) is 0 Å². The van der Waals surface area contributed by atoms with Crippen LogP contribution in [0.4, 0.5) is 0 Å². The summed E-state index contributed by atoms with van der Waals surface area (Å²) in [5.74, 6) is 0.852. The highest BCUT2D eigenvalue weighted by Crippen LogP contribution is 2.17. The molecule has 0 spiro atoms. The topological polar surface area (TPSA) is 39.2 Å². The van der Waals surface area contributed by atoms with Gasteiger partial charge in [-0.2, -0.15) is 0 Å². The maximum atomic E-state index is 10.3. The van der Waals surface area contributed by atoms with Crippen molar-refractivity contribution < 1.29 is 9.84 Å². The van der Waals surface area contributed by atoms with Gasteiger partial charge in [-0.25, -0.2) is 0 Å². The second-order valence-corrected chi connectivity index (χ2v) is 8.61. The van der Waals surface area contributed by atoms with E-state index in [1.807, 2.05) is 12.1 Å². The molecule has 0 saturated carbocycles. The van der Waals surface area contributed by atoms with E-state index < -0.39 is 6.10 Å². The third-order valence-electron chi connectivity index (χ3n) is 6.04. The second-order valence-electron chi connectivity index (χ2n) is 8.61. The van der Waals surface area contributed by atoms with E-state index in [1.54, 1.807) is 0 Å². The zero-order chi connectivity index (χ0) is 19.6. The van der Waals surface area contributed by atoms with Crippen LogP contribution in [0.25, 0.3) is 0 Å². The largest absolute Gasteiger partial charge is 0.491 e. The Hall–Kier alpha value is -1.14. The molecule has 3 rings (SSSR count). The summed E-state index contributed by atoms with van der Waals surface area (Å²) in [5, 5.41) is 10.3. The van der Waals surface area contributed by atoms with Crippen molar-refractivity contribution in [2.24, 2.45) is 0 Å². The summed E-state index contributed by atoms with van der Waals surface area (Å²) < 4.78 is 5.83. The lowest BCUT2D eigenvalue weighted by Gasteiger charge is -2.33. The minimum Gasteiger partial charge on any atom is -0.491 e. The quantitative estimate of drug-likeness (QED) is 0.776. The van der Waals surface area contributed by atoms with Gasteiger partial charge < -0.3 is 14.7 Å². The number of hydrogen-bond acceptors (Lipinski definition) is 5. The van der Waals surface area contributed by atoms with Crippen LogP contribution in [-0.4, -0.2) is 85.4 Å². The normalized spacial score (nSPS) is 22.2. The van der Waals surface area contributed by atoms with E-state index in [2.05, 4.69) is 33.9 Å². The fraction of sp³-hybridized carbons (Fsp3) is 0.739. The van der Waals surface area contributed by atoms with Crippen LogP contribution in [0.5, 0.6) is 5.75 Å². The summed E-state index contributed by atoms with van der Waals surface area (Å²) in [6.45, 7) is 8.73. The molecule has 158 valence electrons. The molecule has 1 atom stereocenters. The lowest BCUT2D eigenvalue weighted by atomic mass is 10.1. The Balaban J connectivity index is 1.38. The zero-order valence-electron chi connectivity index (χ0n) is 17.7. The lowest BCUT2D eigenvalue weighted by molar-refractivity contribution is 0.0505. The van der Waals surface area contributed by atoms with Gasteiger partial charge in [0.25, 0.3) is 0 Å². The fourth-order valence-electron chi connectivity index (χ4n) is 4.17. The van der Waals surface area contributed by atoms with Crippen molar-refractivity contribution in [2.45, 2.75) is 51.2 Å². The van der Waals surface area contributed by atoms with Gasteiger partial charge in [0, 0.05) is 39.3 Å². The number of piperazine rings is 1. The summed E-state index contributed by atoms with van der Waals surface area (Å²) in [6, 6.07) is 8.45. The summed E-state index contributed by atoms with van der Waals surface area (Å²) in [5.41, 5.74) is 1.35. The van der Waals surface area contributed by atoms with Crippen molar-refractivity contribution in [3.8, 4) is 5.75 Å². The van der Waals surface area contributed by atoms with E-state index in [1.165, 1.54) is 57.2 Å². The summed E-state index contributed by atoms with van der Waals surface area (Å²) in [6.07, 6.45) is 7.77. The monoisotopic (exact) mass is 389 g/mol. The smallest absolute Gasteiger partial charge is 0.119 e. The number of nitrogens with zero attached hydrogens (tertiary/aromatic N) is 3. The number of hydrogen-bond donors (Lipinski definition) is 1. The van der Waals surface area contributed by atoms with Crippen molar-refractivity contribution >= 4 is 0 Å². The first-order chi connectivity index (χ1) is 13.7. The van der Waals surface area contributed by atoms with Crippen LogP contribution in [0, 0.1) is 0 Å². The lowest BCUT2D eigenvalue weighted by Crippen LogP contribution is -2.47. The molecule has 2 heterocycles. The molecule has 0 aliphatic carbocycles. The number of benzene rings is 1. The highest BCUT2D eigenvalue weighted by atomic mass is 16.5. The predicted octanol–water partition coefficient (Wildman–Crippen LogP) is 2.83. The first-order valence-corrected chi connectivity index (χ1v) is 11.2. The van der Waals surface area contributed by atoms with Gasteiger partial charge in [-0.3, -0.25) is 9.80 Å². The molecule has 1 aromatic carbocycles. The standard InChI is InChI=1S/C23H39N3O2/c1-24-14-16-26(17-15-24)19-22(27)20-28-23-10-8-21(9-11-23)18-25-12-6-4-2-3-5-7-13-25/h8-11,22,27H,2-7,12-20H2,1H3/t22-/m0/s1. The minimum absolute atomic E-state index is 0.359. The van der Waals surface area contributed by atoms with Crippen molar-refractivity contribution in [2.75, 3.05) is 59.5 Å². The Morgan fingerprint density at radius 2 is 1.43 bits per heavy atom. The highest BCUT2D eigenvalue weighted by molar-refractivity contribution is 5.27. The van der Waals surface area contributed by atoms with Crippen molar-refractivity contribution in [1.29, 1.82) is 0 Å². The van der Waals surface area contributed by atoms with Gasteiger partial charge in [0.05, 0.1) is 0 Å². The van der Waals surface area contributed by atoms with Crippen LogP contribution in [0.2, 0.25) is 0 Å². The van der Waals surface area contributed by atoms with E-state index in [4.69, 9.17) is 4.74 Å². The summed E-state index contributed by atoms with van der Waals surface area (Å²) >= 11 is 0. The van der Waals surface area contributed by atoms with Gasteiger partial charge in [-0.1, -0.05) is 37.8 Å². The summed E-state index contributed by atoms with van der Waals surface area (Å²) in [7, 11) is 2.15. The predicted molar refractivity (Wildman–Crippen MR) is 115 cm³/mol. The highest BCUT2D eigenvalue weighted by Gasteiger charge is 2.17. The van der Waals surface area contributed by atoms with E-state index in [0.29, 0.717) is 13.2 Å². The van der Waals surface area contributed by atoms with Crippen LogP contribution >= 0.6 is 0 Å². The number of aliphatic hydroxyl groups excluding tert-OH is 1. The molecule has 0 radical (unpaired) electrons. The van der Waals surface area contributed by atoms with E-state index in [0.717, 1.165) is 38.5 Å². The van der Waals surface area contributed by atoms with E-state index in [9.17, 15) is 5.11 Å². The Kier molecular flexibility index (Phi) is 9.06. The Morgan fingerprint density at radius 3 is 2.07 bits per heavy atom. The maximum Gasteiger partial charge on any atom is 0.119 e. The molecule has 5 heteroatoms. The van der Waals surface area contributed by atoms with Gasteiger partial charge in [0.1, 0.15) is 18.5 Å². The molecule has 0 unspecified atom stereocenters. The van der Waals surface area contributed by atoms with Crippen LogP contribution in [0.3, 0.4) is 0 Å². The average Bonchev–Trinajstić information content (AvgIpc) is 2.83. The number of aliphatic hydroxyl groups is 1. The Labute approximate surface area is 171 Å². The average molecular weight is 390 g/mol.